The molecule has 5 nitrogen and oxygen atoms in total. The molecule has 3 rings (SSSR count). The molecule has 2 aromatic rings. The standard InChI is InChI=1S/C16H19FN4OS/c1-12-10-18-16(23-12)19-15(22)11-20-6-8-21(9-7-20)14-5-3-2-4-13(14)17/h2-5,10H,6-9,11H2,1H3,(H,18,19,22)/p+1. The highest BCUT2D eigenvalue weighted by atomic mass is 32.1. The Hall–Kier alpha value is -1.99. The largest absolute Gasteiger partial charge is 0.358 e. The van der Waals surface area contributed by atoms with Crippen LogP contribution in [0.1, 0.15) is 4.88 Å². The summed E-state index contributed by atoms with van der Waals surface area (Å²) in [4.78, 5) is 20.5. The molecule has 1 aromatic heterocycles. The van der Waals surface area contributed by atoms with E-state index in [1.165, 1.54) is 22.3 Å². The number of hydrogen-bond acceptors (Lipinski definition) is 4. The van der Waals surface area contributed by atoms with Crippen molar-refractivity contribution in [3.05, 3.63) is 41.2 Å². The SMILES string of the molecule is Cc1cnc(NC(=O)C[NH+]2CCN(c3ccccc3F)CC2)s1. The predicted molar refractivity (Wildman–Crippen MR) is 89.7 cm³/mol. The fraction of sp³-hybridized carbons (Fsp3) is 0.375. The van der Waals surface area contributed by atoms with E-state index in [2.05, 4.69) is 10.3 Å². The number of amides is 1. The number of nitrogens with one attached hydrogen (secondary N) is 2. The van der Waals surface area contributed by atoms with Gasteiger partial charge in [-0.15, -0.1) is 11.3 Å². The van der Waals surface area contributed by atoms with Crippen LogP contribution >= 0.6 is 11.3 Å². The average molecular weight is 335 g/mol. The van der Waals surface area contributed by atoms with Gasteiger partial charge >= 0.3 is 0 Å². The van der Waals surface area contributed by atoms with E-state index in [1.807, 2.05) is 17.9 Å². The van der Waals surface area contributed by atoms with Crippen LogP contribution in [0.15, 0.2) is 30.5 Å². The lowest BCUT2D eigenvalue weighted by Gasteiger charge is -2.33. The molecule has 0 spiro atoms. The van der Waals surface area contributed by atoms with Crippen LogP contribution in [-0.4, -0.2) is 43.6 Å². The van der Waals surface area contributed by atoms with Crippen molar-refractivity contribution < 1.29 is 14.1 Å². The van der Waals surface area contributed by atoms with Gasteiger partial charge < -0.3 is 9.80 Å². The summed E-state index contributed by atoms with van der Waals surface area (Å²) in [5.74, 6) is -0.207. The molecule has 7 heteroatoms. The number of rotatable bonds is 4. The summed E-state index contributed by atoms with van der Waals surface area (Å²) < 4.78 is 13.8. The van der Waals surface area contributed by atoms with Crippen LogP contribution in [0.25, 0.3) is 0 Å². The van der Waals surface area contributed by atoms with Crippen molar-refractivity contribution in [1.82, 2.24) is 4.98 Å². The first-order chi connectivity index (χ1) is 11.1. The number of halogens is 1. The van der Waals surface area contributed by atoms with E-state index < -0.39 is 0 Å². The number of hydrogen-bond donors (Lipinski definition) is 2. The van der Waals surface area contributed by atoms with Gasteiger partial charge in [-0.1, -0.05) is 12.1 Å². The Bertz CT molecular complexity index is 682. The Morgan fingerprint density at radius 2 is 2.13 bits per heavy atom. The number of para-hydroxylation sites is 1. The fourth-order valence-corrected chi connectivity index (χ4v) is 3.43. The maximum absolute atomic E-state index is 13.8. The van der Waals surface area contributed by atoms with Gasteiger partial charge in [0.15, 0.2) is 11.7 Å². The Morgan fingerprint density at radius 1 is 1.39 bits per heavy atom. The molecule has 1 fully saturated rings. The van der Waals surface area contributed by atoms with Gasteiger partial charge in [0.25, 0.3) is 5.91 Å². The minimum absolute atomic E-state index is 0.0197. The Kier molecular flexibility index (Phi) is 4.88. The van der Waals surface area contributed by atoms with Crippen molar-refractivity contribution >= 4 is 28.1 Å². The molecule has 0 aliphatic carbocycles. The van der Waals surface area contributed by atoms with Crippen molar-refractivity contribution in [1.29, 1.82) is 0 Å². The van der Waals surface area contributed by atoms with Gasteiger partial charge in [-0.05, 0) is 19.1 Å². The van der Waals surface area contributed by atoms with E-state index in [0.29, 0.717) is 17.4 Å². The van der Waals surface area contributed by atoms with Gasteiger partial charge in [-0.25, -0.2) is 9.37 Å². The normalized spacial score (nSPS) is 15.7. The molecule has 0 unspecified atom stereocenters. The van der Waals surface area contributed by atoms with Crippen LogP contribution < -0.4 is 15.1 Å². The van der Waals surface area contributed by atoms with Crippen LogP contribution in [0.2, 0.25) is 0 Å². The van der Waals surface area contributed by atoms with E-state index in [0.717, 1.165) is 31.1 Å². The van der Waals surface area contributed by atoms with Crippen LogP contribution in [-0.2, 0) is 4.79 Å². The summed E-state index contributed by atoms with van der Waals surface area (Å²) in [6.07, 6.45) is 1.75. The fourth-order valence-electron chi connectivity index (χ4n) is 2.75. The van der Waals surface area contributed by atoms with Gasteiger partial charge in [0.2, 0.25) is 0 Å². The monoisotopic (exact) mass is 335 g/mol. The lowest BCUT2D eigenvalue weighted by molar-refractivity contribution is -0.892. The quantitative estimate of drug-likeness (QED) is 0.874. The molecular formula is C16H20FN4OS+. The molecule has 1 aromatic carbocycles. The second-order valence-corrected chi connectivity index (χ2v) is 6.92. The number of benzene rings is 1. The smallest absolute Gasteiger partial charge is 0.281 e. The molecule has 1 saturated heterocycles. The summed E-state index contributed by atoms with van der Waals surface area (Å²) in [7, 11) is 0. The van der Waals surface area contributed by atoms with Crippen molar-refractivity contribution in [3.8, 4) is 0 Å². The third-order valence-electron chi connectivity index (χ3n) is 3.94. The zero-order valence-electron chi connectivity index (χ0n) is 13.0. The number of aromatic nitrogens is 1. The van der Waals surface area contributed by atoms with E-state index in [9.17, 15) is 9.18 Å². The molecule has 1 aliphatic rings. The molecule has 1 aliphatic heterocycles. The highest BCUT2D eigenvalue weighted by Crippen LogP contribution is 2.18. The summed E-state index contributed by atoms with van der Waals surface area (Å²) in [6, 6.07) is 6.84. The van der Waals surface area contributed by atoms with Crippen molar-refractivity contribution in [2.45, 2.75) is 6.92 Å². The number of nitrogens with zero attached hydrogens (tertiary/aromatic N) is 2. The molecule has 0 bridgehead atoms. The molecule has 0 atom stereocenters. The highest BCUT2D eigenvalue weighted by molar-refractivity contribution is 7.15. The number of carbonyl (C=O) groups is 1. The van der Waals surface area contributed by atoms with E-state index >= 15 is 0 Å². The van der Waals surface area contributed by atoms with Gasteiger partial charge in [0, 0.05) is 11.1 Å². The number of aryl methyl sites for hydroxylation is 1. The Labute approximate surface area is 138 Å². The van der Waals surface area contributed by atoms with Crippen LogP contribution in [0, 0.1) is 12.7 Å². The maximum atomic E-state index is 13.8. The van der Waals surface area contributed by atoms with Gasteiger partial charge in [-0.3, -0.25) is 10.1 Å². The van der Waals surface area contributed by atoms with Crippen molar-refractivity contribution in [2.24, 2.45) is 0 Å². The summed E-state index contributed by atoms with van der Waals surface area (Å²) in [5.41, 5.74) is 0.647. The van der Waals surface area contributed by atoms with Gasteiger partial charge in [0.05, 0.1) is 31.9 Å². The summed E-state index contributed by atoms with van der Waals surface area (Å²) >= 11 is 1.48. The number of quaternary nitrogens is 1. The third kappa shape index (κ3) is 4.05. The van der Waals surface area contributed by atoms with Gasteiger partial charge in [0.1, 0.15) is 5.82 Å². The topological polar surface area (TPSA) is 49.7 Å². The first kappa shape index (κ1) is 15.9. The lowest BCUT2D eigenvalue weighted by atomic mass is 10.2. The van der Waals surface area contributed by atoms with E-state index in [1.54, 1.807) is 18.3 Å². The van der Waals surface area contributed by atoms with Crippen LogP contribution in [0.5, 0.6) is 0 Å². The van der Waals surface area contributed by atoms with E-state index in [-0.39, 0.29) is 11.7 Å². The number of carbonyl (C=O) groups excluding carboxylic acids is 1. The van der Waals surface area contributed by atoms with Crippen molar-refractivity contribution in [2.75, 3.05) is 42.9 Å². The molecule has 0 saturated carbocycles. The van der Waals surface area contributed by atoms with E-state index in [4.69, 9.17) is 0 Å². The zero-order chi connectivity index (χ0) is 16.2. The molecule has 1 amide bonds. The first-order valence-electron chi connectivity index (χ1n) is 7.67. The van der Waals surface area contributed by atoms with Gasteiger partial charge in [-0.2, -0.15) is 0 Å². The minimum atomic E-state index is -0.187. The third-order valence-corrected chi connectivity index (χ3v) is 4.77. The number of anilines is 2. The van der Waals surface area contributed by atoms with Crippen LogP contribution in [0.4, 0.5) is 15.2 Å². The molecular weight excluding hydrogens is 315 g/mol. The second kappa shape index (κ2) is 7.06. The number of piperazine rings is 1. The lowest BCUT2D eigenvalue weighted by Crippen LogP contribution is -3.15. The average Bonchev–Trinajstić information content (AvgIpc) is 2.93. The maximum Gasteiger partial charge on any atom is 0.281 e. The molecule has 122 valence electrons. The molecule has 2 heterocycles. The molecule has 23 heavy (non-hydrogen) atoms. The predicted octanol–water partition coefficient (Wildman–Crippen LogP) is 0.934. The molecule has 0 radical (unpaired) electrons. The summed E-state index contributed by atoms with van der Waals surface area (Å²) in [5, 5.41) is 3.49. The zero-order valence-corrected chi connectivity index (χ0v) is 13.8. The van der Waals surface area contributed by atoms with Crippen LogP contribution in [0.3, 0.4) is 0 Å². The Morgan fingerprint density at radius 3 is 2.78 bits per heavy atom. The Balaban J connectivity index is 1.49. The number of thiazole rings is 1. The minimum Gasteiger partial charge on any atom is -0.358 e. The molecule has 2 N–H and O–H groups in total. The second-order valence-electron chi connectivity index (χ2n) is 5.69. The summed E-state index contributed by atoms with van der Waals surface area (Å²) in [6.45, 7) is 5.52. The highest BCUT2D eigenvalue weighted by Gasteiger charge is 2.23. The first-order valence-corrected chi connectivity index (χ1v) is 8.49. The van der Waals surface area contributed by atoms with Crippen molar-refractivity contribution in [3.63, 3.8) is 0 Å².